The van der Waals surface area contributed by atoms with Gasteiger partial charge in [-0.2, -0.15) is 5.26 Å². The van der Waals surface area contributed by atoms with E-state index in [1.807, 2.05) is 20.8 Å². The highest BCUT2D eigenvalue weighted by atomic mass is 16.5. The topological polar surface area (TPSA) is 76.1 Å². The number of hydrogen-bond donors (Lipinski definition) is 1. The largest absolute Gasteiger partial charge is 0.462 e. The number of hydrogen-bond acceptors (Lipinski definition) is 4. The summed E-state index contributed by atoms with van der Waals surface area (Å²) in [5.41, 5.74) is 7.26. The molecule has 0 heterocycles. The fraction of sp³-hybridized carbons (Fsp3) is 0.467. The van der Waals surface area contributed by atoms with E-state index in [-0.39, 0.29) is 11.4 Å². The molecule has 0 aromatic heterocycles. The number of rotatable bonds is 5. The van der Waals surface area contributed by atoms with Gasteiger partial charge in [-0.15, -0.1) is 0 Å². The van der Waals surface area contributed by atoms with Crippen LogP contribution in [0.15, 0.2) is 18.2 Å². The number of aryl methyl sites for hydroxylation is 1. The highest BCUT2D eigenvalue weighted by Gasteiger charge is 2.16. The molecule has 4 nitrogen and oxygen atoms in total. The van der Waals surface area contributed by atoms with E-state index in [1.54, 1.807) is 18.2 Å². The summed E-state index contributed by atoms with van der Waals surface area (Å²) in [6.45, 7) is 5.94. The number of benzene rings is 1. The fourth-order valence-electron chi connectivity index (χ4n) is 1.75. The van der Waals surface area contributed by atoms with Crippen LogP contribution in [0.5, 0.6) is 0 Å². The quantitative estimate of drug-likeness (QED) is 0.501. The Bertz CT molecular complexity index is 481. The molecule has 102 valence electrons. The molecule has 1 aromatic rings. The maximum absolute atomic E-state index is 11.8. The van der Waals surface area contributed by atoms with E-state index in [0.29, 0.717) is 30.7 Å². The summed E-state index contributed by atoms with van der Waals surface area (Å²) in [6.07, 6.45) is 1.38. The SMILES string of the molecule is Cc1cc(N)cc(C(=O)OCCCC(C)(C)C#N)c1. The molecule has 0 saturated heterocycles. The van der Waals surface area contributed by atoms with Crippen molar-refractivity contribution in [3.63, 3.8) is 0 Å². The standard InChI is InChI=1S/C15H20N2O2/c1-11-7-12(9-13(17)8-11)14(18)19-6-4-5-15(2,3)10-16/h7-9H,4-6,17H2,1-3H3. The minimum atomic E-state index is -0.375. The molecule has 2 N–H and O–H groups in total. The Morgan fingerprint density at radius 2 is 2.11 bits per heavy atom. The molecule has 0 aliphatic heterocycles. The number of anilines is 1. The zero-order chi connectivity index (χ0) is 14.5. The van der Waals surface area contributed by atoms with Gasteiger partial charge in [-0.05, 0) is 57.4 Å². The molecule has 0 fully saturated rings. The summed E-state index contributed by atoms with van der Waals surface area (Å²) in [7, 11) is 0. The van der Waals surface area contributed by atoms with Crippen molar-refractivity contribution in [2.24, 2.45) is 5.41 Å². The van der Waals surface area contributed by atoms with Gasteiger partial charge in [-0.3, -0.25) is 0 Å². The first-order valence-electron chi connectivity index (χ1n) is 6.29. The van der Waals surface area contributed by atoms with Crippen molar-refractivity contribution in [2.75, 3.05) is 12.3 Å². The van der Waals surface area contributed by atoms with Crippen molar-refractivity contribution >= 4 is 11.7 Å². The van der Waals surface area contributed by atoms with Crippen molar-refractivity contribution in [2.45, 2.75) is 33.6 Å². The molecule has 0 spiro atoms. The minimum Gasteiger partial charge on any atom is -0.462 e. The minimum absolute atomic E-state index is 0.317. The summed E-state index contributed by atoms with van der Waals surface area (Å²) >= 11 is 0. The zero-order valence-corrected chi connectivity index (χ0v) is 11.7. The van der Waals surface area contributed by atoms with Crippen LogP contribution < -0.4 is 5.73 Å². The molecule has 0 unspecified atom stereocenters. The van der Waals surface area contributed by atoms with Gasteiger partial charge in [-0.25, -0.2) is 4.79 Å². The number of esters is 1. The second-order valence-electron chi connectivity index (χ2n) is 5.37. The van der Waals surface area contributed by atoms with E-state index in [4.69, 9.17) is 15.7 Å². The number of carbonyl (C=O) groups is 1. The first kappa shape index (κ1) is 15.0. The number of nitrogen functional groups attached to an aromatic ring is 1. The Kier molecular flexibility index (Phi) is 4.94. The summed E-state index contributed by atoms with van der Waals surface area (Å²) in [6, 6.07) is 7.37. The Morgan fingerprint density at radius 1 is 1.42 bits per heavy atom. The Morgan fingerprint density at radius 3 is 2.68 bits per heavy atom. The monoisotopic (exact) mass is 260 g/mol. The van der Waals surface area contributed by atoms with Crippen molar-refractivity contribution in [1.82, 2.24) is 0 Å². The van der Waals surface area contributed by atoms with Gasteiger partial charge < -0.3 is 10.5 Å². The molecule has 0 radical (unpaired) electrons. The smallest absolute Gasteiger partial charge is 0.338 e. The predicted octanol–water partition coefficient (Wildman–Crippen LogP) is 3.06. The Labute approximate surface area is 114 Å². The lowest BCUT2D eigenvalue weighted by Crippen LogP contribution is -2.12. The molecule has 19 heavy (non-hydrogen) atoms. The summed E-state index contributed by atoms with van der Waals surface area (Å²) < 4.78 is 5.17. The summed E-state index contributed by atoms with van der Waals surface area (Å²) in [4.78, 5) is 11.8. The maximum Gasteiger partial charge on any atom is 0.338 e. The highest BCUT2D eigenvalue weighted by Crippen LogP contribution is 2.20. The third kappa shape index (κ3) is 5.01. The van der Waals surface area contributed by atoms with Crippen LogP contribution in [0.3, 0.4) is 0 Å². The molecular weight excluding hydrogens is 240 g/mol. The maximum atomic E-state index is 11.8. The van der Waals surface area contributed by atoms with Gasteiger partial charge in [0.15, 0.2) is 0 Å². The molecule has 4 heteroatoms. The molecule has 0 aliphatic rings. The lowest BCUT2D eigenvalue weighted by Gasteiger charge is -2.14. The lowest BCUT2D eigenvalue weighted by atomic mass is 9.90. The van der Waals surface area contributed by atoms with E-state index in [0.717, 1.165) is 5.56 Å². The Balaban J connectivity index is 2.46. The van der Waals surface area contributed by atoms with Crippen LogP contribution in [0.2, 0.25) is 0 Å². The van der Waals surface area contributed by atoms with E-state index < -0.39 is 0 Å². The van der Waals surface area contributed by atoms with E-state index in [1.165, 1.54) is 0 Å². The van der Waals surface area contributed by atoms with Crippen molar-refractivity contribution in [1.29, 1.82) is 5.26 Å². The number of nitriles is 1. The van der Waals surface area contributed by atoms with Crippen LogP contribution in [-0.4, -0.2) is 12.6 Å². The number of nitrogens with zero attached hydrogens (tertiary/aromatic N) is 1. The van der Waals surface area contributed by atoms with E-state index >= 15 is 0 Å². The third-order valence-electron chi connectivity index (χ3n) is 2.82. The molecule has 0 aliphatic carbocycles. The third-order valence-corrected chi connectivity index (χ3v) is 2.82. The summed E-state index contributed by atoms with van der Waals surface area (Å²) in [5.74, 6) is -0.370. The zero-order valence-electron chi connectivity index (χ0n) is 11.7. The van der Waals surface area contributed by atoms with Crippen molar-refractivity contribution < 1.29 is 9.53 Å². The molecule has 0 amide bonds. The lowest BCUT2D eigenvalue weighted by molar-refractivity contribution is 0.0491. The van der Waals surface area contributed by atoms with Gasteiger partial charge in [0.1, 0.15) is 0 Å². The summed E-state index contributed by atoms with van der Waals surface area (Å²) in [5, 5.41) is 8.87. The van der Waals surface area contributed by atoms with Gasteiger partial charge >= 0.3 is 5.97 Å². The van der Waals surface area contributed by atoms with Crippen LogP contribution in [-0.2, 0) is 4.74 Å². The normalized spacial score (nSPS) is 10.8. The van der Waals surface area contributed by atoms with Gasteiger partial charge in [0, 0.05) is 5.69 Å². The van der Waals surface area contributed by atoms with Crippen LogP contribution in [0.25, 0.3) is 0 Å². The first-order chi connectivity index (χ1) is 8.84. The van der Waals surface area contributed by atoms with Gasteiger partial charge in [0.05, 0.1) is 23.7 Å². The number of carbonyl (C=O) groups excluding carboxylic acids is 1. The molecule has 0 atom stereocenters. The van der Waals surface area contributed by atoms with E-state index in [2.05, 4.69) is 6.07 Å². The van der Waals surface area contributed by atoms with Gasteiger partial charge in [0.2, 0.25) is 0 Å². The Hall–Kier alpha value is -2.02. The number of nitrogens with two attached hydrogens (primary N) is 1. The molecule has 0 bridgehead atoms. The average Bonchev–Trinajstić information content (AvgIpc) is 2.33. The van der Waals surface area contributed by atoms with Crippen LogP contribution in [0.4, 0.5) is 5.69 Å². The van der Waals surface area contributed by atoms with E-state index in [9.17, 15) is 4.79 Å². The second-order valence-corrected chi connectivity index (χ2v) is 5.37. The van der Waals surface area contributed by atoms with Crippen LogP contribution >= 0.6 is 0 Å². The predicted molar refractivity (Wildman–Crippen MR) is 74.5 cm³/mol. The highest BCUT2D eigenvalue weighted by molar-refractivity contribution is 5.90. The molecule has 1 rings (SSSR count). The van der Waals surface area contributed by atoms with Crippen LogP contribution in [0, 0.1) is 23.7 Å². The molecular formula is C15H20N2O2. The van der Waals surface area contributed by atoms with Crippen molar-refractivity contribution in [3.8, 4) is 6.07 Å². The first-order valence-corrected chi connectivity index (χ1v) is 6.29. The number of ether oxygens (including phenoxy) is 1. The van der Waals surface area contributed by atoms with Crippen molar-refractivity contribution in [3.05, 3.63) is 29.3 Å². The molecule has 0 saturated carbocycles. The van der Waals surface area contributed by atoms with Gasteiger partial charge in [-0.1, -0.05) is 0 Å². The average molecular weight is 260 g/mol. The molecule has 1 aromatic carbocycles. The fourth-order valence-corrected chi connectivity index (χ4v) is 1.75. The van der Waals surface area contributed by atoms with Crippen LogP contribution in [0.1, 0.15) is 42.6 Å². The second kappa shape index (κ2) is 6.24. The van der Waals surface area contributed by atoms with Gasteiger partial charge in [0.25, 0.3) is 0 Å².